The highest BCUT2D eigenvalue weighted by molar-refractivity contribution is 5.81. The molecule has 0 aliphatic heterocycles. The molecule has 0 aromatic heterocycles. The number of benzene rings is 1. The van der Waals surface area contributed by atoms with Crippen molar-refractivity contribution in [3.8, 4) is 0 Å². The van der Waals surface area contributed by atoms with Gasteiger partial charge in [-0.1, -0.05) is 19.9 Å². The summed E-state index contributed by atoms with van der Waals surface area (Å²) in [4.78, 5) is 11.1. The van der Waals surface area contributed by atoms with Crippen LogP contribution in [0.4, 0.5) is 11.4 Å². The van der Waals surface area contributed by atoms with Crippen molar-refractivity contribution in [3.63, 3.8) is 0 Å². The minimum absolute atomic E-state index is 0.00685. The fourth-order valence-electron chi connectivity index (χ4n) is 1.87. The van der Waals surface area contributed by atoms with E-state index in [-0.39, 0.29) is 5.92 Å². The average molecular weight is 236 g/mol. The van der Waals surface area contributed by atoms with E-state index in [0.29, 0.717) is 5.69 Å². The Morgan fingerprint density at radius 3 is 2.35 bits per heavy atom. The fourth-order valence-corrected chi connectivity index (χ4v) is 1.87. The molecule has 0 amide bonds. The summed E-state index contributed by atoms with van der Waals surface area (Å²) in [7, 11) is 0. The summed E-state index contributed by atoms with van der Waals surface area (Å²) in [6, 6.07) is 3.20. The van der Waals surface area contributed by atoms with Gasteiger partial charge in [-0.15, -0.1) is 0 Å². The molecule has 1 aromatic rings. The van der Waals surface area contributed by atoms with Crippen LogP contribution in [0.2, 0.25) is 0 Å². The quantitative estimate of drug-likeness (QED) is 0.702. The summed E-state index contributed by atoms with van der Waals surface area (Å²) in [5.74, 6) is -0.869. The van der Waals surface area contributed by atoms with Gasteiger partial charge in [-0.3, -0.25) is 0 Å². The van der Waals surface area contributed by atoms with Gasteiger partial charge in [0.15, 0.2) is 0 Å². The highest BCUT2D eigenvalue weighted by atomic mass is 16.4. The maximum absolute atomic E-state index is 11.1. The predicted octanol–water partition coefficient (Wildman–Crippen LogP) is 2.41. The number of carboxylic acid groups (broad SMARTS) is 1. The summed E-state index contributed by atoms with van der Waals surface area (Å²) in [6.45, 7) is 7.62. The summed E-state index contributed by atoms with van der Waals surface area (Å²) < 4.78 is 0. The van der Waals surface area contributed by atoms with Crippen LogP contribution in [-0.2, 0) is 4.79 Å². The summed E-state index contributed by atoms with van der Waals surface area (Å²) in [6.07, 6.45) is 0. The molecule has 4 nitrogen and oxygen atoms in total. The smallest absolute Gasteiger partial charge is 0.326 e. The molecule has 0 saturated heterocycles. The van der Waals surface area contributed by atoms with E-state index in [1.807, 2.05) is 39.8 Å². The number of aryl methyl sites for hydroxylation is 2. The van der Waals surface area contributed by atoms with Crippen molar-refractivity contribution >= 4 is 17.3 Å². The standard InChI is InChI=1S/C13H20N2O2/c1-7(2)11(13(16)17)15-12-9(4)5-8(3)6-10(12)14/h5-7,11,15H,14H2,1-4H3,(H,16,17). The van der Waals surface area contributed by atoms with E-state index >= 15 is 0 Å². The van der Waals surface area contributed by atoms with Gasteiger partial charge in [0.1, 0.15) is 6.04 Å². The minimum atomic E-state index is -0.862. The Kier molecular flexibility index (Phi) is 3.99. The van der Waals surface area contributed by atoms with Crippen molar-refractivity contribution in [2.45, 2.75) is 33.7 Å². The van der Waals surface area contributed by atoms with Crippen LogP contribution < -0.4 is 11.1 Å². The predicted molar refractivity (Wildman–Crippen MR) is 70.2 cm³/mol. The van der Waals surface area contributed by atoms with E-state index < -0.39 is 12.0 Å². The van der Waals surface area contributed by atoms with Gasteiger partial charge in [0.25, 0.3) is 0 Å². The Bertz CT molecular complexity index is 404. The van der Waals surface area contributed by atoms with Crippen LogP contribution >= 0.6 is 0 Å². The number of nitrogens with two attached hydrogens (primary N) is 1. The molecule has 17 heavy (non-hydrogen) atoms. The number of carboxylic acids is 1. The van der Waals surface area contributed by atoms with Crippen molar-refractivity contribution in [1.82, 2.24) is 0 Å². The van der Waals surface area contributed by atoms with Crippen molar-refractivity contribution in [2.24, 2.45) is 5.92 Å². The fraction of sp³-hybridized carbons (Fsp3) is 0.462. The molecule has 94 valence electrons. The van der Waals surface area contributed by atoms with Crippen LogP contribution in [0.25, 0.3) is 0 Å². The Morgan fingerprint density at radius 1 is 1.35 bits per heavy atom. The van der Waals surface area contributed by atoms with Crippen molar-refractivity contribution in [3.05, 3.63) is 23.3 Å². The zero-order chi connectivity index (χ0) is 13.2. The topological polar surface area (TPSA) is 75.3 Å². The first-order valence-corrected chi connectivity index (χ1v) is 5.69. The minimum Gasteiger partial charge on any atom is -0.480 e. The van der Waals surface area contributed by atoms with Gasteiger partial charge < -0.3 is 16.2 Å². The van der Waals surface area contributed by atoms with Crippen molar-refractivity contribution < 1.29 is 9.90 Å². The zero-order valence-corrected chi connectivity index (χ0v) is 10.7. The van der Waals surface area contributed by atoms with Gasteiger partial charge in [-0.2, -0.15) is 0 Å². The Labute approximate surface area is 102 Å². The van der Waals surface area contributed by atoms with Crippen molar-refractivity contribution in [2.75, 3.05) is 11.1 Å². The highest BCUT2D eigenvalue weighted by Crippen LogP contribution is 2.26. The number of rotatable bonds is 4. The van der Waals surface area contributed by atoms with E-state index in [1.54, 1.807) is 0 Å². The van der Waals surface area contributed by atoms with Gasteiger partial charge in [-0.25, -0.2) is 4.79 Å². The van der Waals surface area contributed by atoms with Crippen LogP contribution in [0, 0.1) is 19.8 Å². The van der Waals surface area contributed by atoms with E-state index in [0.717, 1.165) is 16.8 Å². The highest BCUT2D eigenvalue weighted by Gasteiger charge is 2.22. The molecule has 0 aliphatic rings. The number of carbonyl (C=O) groups is 1. The number of hydrogen-bond acceptors (Lipinski definition) is 3. The second-order valence-corrected chi connectivity index (χ2v) is 4.75. The van der Waals surface area contributed by atoms with Gasteiger partial charge in [0.05, 0.1) is 11.4 Å². The third-order valence-electron chi connectivity index (χ3n) is 2.74. The molecule has 0 saturated carbocycles. The molecule has 1 aromatic carbocycles. The molecule has 0 radical (unpaired) electrons. The van der Waals surface area contributed by atoms with Crippen LogP contribution in [-0.4, -0.2) is 17.1 Å². The summed E-state index contributed by atoms with van der Waals surface area (Å²) >= 11 is 0. The van der Waals surface area contributed by atoms with Gasteiger partial charge in [-0.05, 0) is 37.0 Å². The molecular weight excluding hydrogens is 216 g/mol. The molecule has 0 bridgehead atoms. The Balaban J connectivity index is 3.05. The maximum Gasteiger partial charge on any atom is 0.326 e. The Morgan fingerprint density at radius 2 is 1.94 bits per heavy atom. The maximum atomic E-state index is 11.1. The summed E-state index contributed by atoms with van der Waals surface area (Å²) in [5, 5.41) is 12.2. The van der Waals surface area contributed by atoms with Crippen molar-refractivity contribution in [1.29, 1.82) is 0 Å². The third-order valence-corrected chi connectivity index (χ3v) is 2.74. The molecule has 4 N–H and O–H groups in total. The second kappa shape index (κ2) is 5.08. The largest absolute Gasteiger partial charge is 0.480 e. The van der Waals surface area contributed by atoms with Crippen LogP contribution in [0.15, 0.2) is 12.1 Å². The molecule has 4 heteroatoms. The molecule has 0 spiro atoms. The Hall–Kier alpha value is -1.71. The van der Waals surface area contributed by atoms with E-state index in [1.165, 1.54) is 0 Å². The third kappa shape index (κ3) is 3.12. The van der Waals surface area contributed by atoms with Gasteiger partial charge >= 0.3 is 5.97 Å². The van der Waals surface area contributed by atoms with Gasteiger partial charge in [0, 0.05) is 0 Å². The second-order valence-electron chi connectivity index (χ2n) is 4.75. The first kappa shape index (κ1) is 13.4. The SMILES string of the molecule is Cc1cc(C)c(NC(C(=O)O)C(C)C)c(N)c1. The first-order chi connectivity index (χ1) is 7.82. The lowest BCUT2D eigenvalue weighted by Gasteiger charge is -2.22. The molecule has 0 fully saturated rings. The number of nitrogens with one attached hydrogen (secondary N) is 1. The summed E-state index contributed by atoms with van der Waals surface area (Å²) in [5.41, 5.74) is 9.26. The van der Waals surface area contributed by atoms with Crippen LogP contribution in [0.5, 0.6) is 0 Å². The average Bonchev–Trinajstić information content (AvgIpc) is 2.14. The van der Waals surface area contributed by atoms with Crippen LogP contribution in [0.1, 0.15) is 25.0 Å². The lowest BCUT2D eigenvalue weighted by molar-refractivity contribution is -0.138. The monoisotopic (exact) mass is 236 g/mol. The first-order valence-electron chi connectivity index (χ1n) is 5.69. The molecular formula is C13H20N2O2. The van der Waals surface area contributed by atoms with E-state index in [2.05, 4.69) is 5.32 Å². The number of nitrogen functional groups attached to an aromatic ring is 1. The molecule has 0 heterocycles. The van der Waals surface area contributed by atoms with Crippen LogP contribution in [0.3, 0.4) is 0 Å². The van der Waals surface area contributed by atoms with E-state index in [4.69, 9.17) is 10.8 Å². The lowest BCUT2D eigenvalue weighted by Crippen LogP contribution is -2.34. The molecule has 1 rings (SSSR count). The van der Waals surface area contributed by atoms with E-state index in [9.17, 15) is 4.79 Å². The number of anilines is 2. The normalized spacial score (nSPS) is 12.5. The zero-order valence-electron chi connectivity index (χ0n) is 10.7. The molecule has 1 atom stereocenters. The lowest BCUT2D eigenvalue weighted by atomic mass is 10.0. The number of aliphatic carboxylic acids is 1. The molecule has 0 aliphatic carbocycles. The molecule has 1 unspecified atom stereocenters. The number of hydrogen-bond donors (Lipinski definition) is 3. The van der Waals surface area contributed by atoms with Gasteiger partial charge in [0.2, 0.25) is 0 Å².